The second-order valence-corrected chi connectivity index (χ2v) is 5.22. The van der Waals surface area contributed by atoms with Crippen LogP contribution in [0.3, 0.4) is 0 Å². The second-order valence-electron chi connectivity index (χ2n) is 5.22. The molecule has 0 radical (unpaired) electrons. The molecule has 0 spiro atoms. The first kappa shape index (κ1) is 12.6. The molecule has 0 aliphatic carbocycles. The van der Waals surface area contributed by atoms with E-state index in [1.54, 1.807) is 0 Å². The predicted molar refractivity (Wildman–Crippen MR) is 77.0 cm³/mol. The molecule has 0 atom stereocenters. The van der Waals surface area contributed by atoms with Gasteiger partial charge < -0.3 is 10.1 Å². The summed E-state index contributed by atoms with van der Waals surface area (Å²) in [6, 6.07) is 10.6. The van der Waals surface area contributed by atoms with Gasteiger partial charge in [-0.1, -0.05) is 12.1 Å². The zero-order valence-electron chi connectivity index (χ0n) is 11.1. The minimum Gasteiger partial charge on any atom is -0.381 e. The number of benzene rings is 1. The average molecular weight is 256 g/mol. The molecule has 100 valence electrons. The van der Waals surface area contributed by atoms with Crippen LogP contribution in [0.4, 0.5) is 0 Å². The molecule has 1 aliphatic heterocycles. The molecule has 0 saturated carbocycles. The Morgan fingerprint density at radius 1 is 1.21 bits per heavy atom. The Bertz CT molecular complexity index is 535. The lowest BCUT2D eigenvalue weighted by Gasteiger charge is -2.22. The Kier molecular flexibility index (Phi) is 4.06. The fourth-order valence-corrected chi connectivity index (χ4v) is 2.61. The molecule has 1 fully saturated rings. The van der Waals surface area contributed by atoms with Crippen molar-refractivity contribution in [3.63, 3.8) is 0 Å². The third kappa shape index (κ3) is 3.31. The summed E-state index contributed by atoms with van der Waals surface area (Å²) < 4.78 is 5.38. The molecule has 0 unspecified atom stereocenters. The van der Waals surface area contributed by atoms with Crippen LogP contribution in [0.25, 0.3) is 10.9 Å². The van der Waals surface area contributed by atoms with E-state index in [1.807, 2.05) is 12.3 Å². The number of fused-ring (bicyclic) bond motifs is 1. The molecule has 1 N–H and O–H groups in total. The van der Waals surface area contributed by atoms with Crippen molar-refractivity contribution in [1.82, 2.24) is 10.3 Å². The van der Waals surface area contributed by atoms with Gasteiger partial charge in [0.05, 0.1) is 5.52 Å². The minimum atomic E-state index is 0.774. The van der Waals surface area contributed by atoms with Crippen molar-refractivity contribution in [3.8, 4) is 0 Å². The molecule has 3 rings (SSSR count). The normalized spacial score (nSPS) is 16.8. The average Bonchev–Trinajstić information content (AvgIpc) is 2.48. The topological polar surface area (TPSA) is 34.2 Å². The summed E-state index contributed by atoms with van der Waals surface area (Å²) >= 11 is 0. The predicted octanol–water partition coefficient (Wildman–Crippen LogP) is 2.75. The van der Waals surface area contributed by atoms with Crippen molar-refractivity contribution in [2.75, 3.05) is 19.8 Å². The van der Waals surface area contributed by atoms with Gasteiger partial charge in [-0.3, -0.25) is 4.98 Å². The maximum atomic E-state index is 5.38. The van der Waals surface area contributed by atoms with Crippen LogP contribution < -0.4 is 5.32 Å². The number of nitrogens with zero attached hydrogens (tertiary/aromatic N) is 1. The molecule has 19 heavy (non-hydrogen) atoms. The number of hydrogen-bond donors (Lipinski definition) is 1. The highest BCUT2D eigenvalue weighted by molar-refractivity contribution is 5.78. The zero-order chi connectivity index (χ0) is 12.9. The summed E-state index contributed by atoms with van der Waals surface area (Å²) in [5, 5.41) is 4.78. The minimum absolute atomic E-state index is 0.774. The number of pyridine rings is 1. The number of rotatable bonds is 4. The lowest BCUT2D eigenvalue weighted by molar-refractivity contribution is 0.0662. The van der Waals surface area contributed by atoms with Gasteiger partial charge in [-0.25, -0.2) is 0 Å². The monoisotopic (exact) mass is 256 g/mol. The van der Waals surface area contributed by atoms with Crippen LogP contribution in [0.2, 0.25) is 0 Å². The fraction of sp³-hybridized carbons (Fsp3) is 0.438. The molecule has 1 aliphatic rings. The quantitative estimate of drug-likeness (QED) is 0.913. The van der Waals surface area contributed by atoms with Crippen LogP contribution in [0.1, 0.15) is 18.4 Å². The Balaban J connectivity index is 1.56. The van der Waals surface area contributed by atoms with Crippen LogP contribution in [0.15, 0.2) is 36.5 Å². The van der Waals surface area contributed by atoms with Crippen LogP contribution in [-0.4, -0.2) is 24.7 Å². The van der Waals surface area contributed by atoms with Crippen molar-refractivity contribution in [1.29, 1.82) is 0 Å². The summed E-state index contributed by atoms with van der Waals surface area (Å²) in [5.41, 5.74) is 2.39. The molecule has 0 bridgehead atoms. The molecule has 0 amide bonds. The Labute approximate surface area is 114 Å². The highest BCUT2D eigenvalue weighted by Gasteiger charge is 2.12. The molecule has 1 aromatic heterocycles. The first-order valence-corrected chi connectivity index (χ1v) is 7.04. The maximum absolute atomic E-state index is 5.38. The number of ether oxygens (including phenoxy) is 1. The number of hydrogen-bond acceptors (Lipinski definition) is 3. The Morgan fingerprint density at radius 2 is 2.11 bits per heavy atom. The third-order valence-electron chi connectivity index (χ3n) is 3.77. The Hall–Kier alpha value is -1.45. The van der Waals surface area contributed by atoms with Gasteiger partial charge in [-0.05, 0) is 49.1 Å². The summed E-state index contributed by atoms with van der Waals surface area (Å²) in [5.74, 6) is 0.774. The van der Waals surface area contributed by atoms with Crippen molar-refractivity contribution < 1.29 is 4.74 Å². The van der Waals surface area contributed by atoms with E-state index >= 15 is 0 Å². The van der Waals surface area contributed by atoms with Crippen LogP contribution in [0, 0.1) is 5.92 Å². The van der Waals surface area contributed by atoms with E-state index in [0.29, 0.717) is 0 Å². The van der Waals surface area contributed by atoms with Gasteiger partial charge in [-0.15, -0.1) is 0 Å². The summed E-state index contributed by atoms with van der Waals surface area (Å²) in [6.07, 6.45) is 4.22. The van der Waals surface area contributed by atoms with E-state index in [9.17, 15) is 0 Å². The van der Waals surface area contributed by atoms with E-state index in [2.05, 4.69) is 34.6 Å². The summed E-state index contributed by atoms with van der Waals surface area (Å²) in [6.45, 7) is 3.87. The molecule has 1 saturated heterocycles. The third-order valence-corrected chi connectivity index (χ3v) is 3.77. The van der Waals surface area contributed by atoms with E-state index in [-0.39, 0.29) is 0 Å². The standard InChI is InChI=1S/C16H20N2O/c1-2-15-10-14(3-4-16(15)18-7-1)12-17-11-13-5-8-19-9-6-13/h1-4,7,10,13,17H,5-6,8-9,11-12H2. The Morgan fingerprint density at radius 3 is 3.00 bits per heavy atom. The molecule has 2 heterocycles. The van der Waals surface area contributed by atoms with Gasteiger partial charge in [0.1, 0.15) is 0 Å². The highest BCUT2D eigenvalue weighted by atomic mass is 16.5. The molecular formula is C16H20N2O. The van der Waals surface area contributed by atoms with Crippen molar-refractivity contribution >= 4 is 10.9 Å². The van der Waals surface area contributed by atoms with Gasteiger partial charge in [0.2, 0.25) is 0 Å². The van der Waals surface area contributed by atoms with Gasteiger partial charge in [0.15, 0.2) is 0 Å². The summed E-state index contributed by atoms with van der Waals surface area (Å²) in [7, 11) is 0. The first-order valence-electron chi connectivity index (χ1n) is 7.04. The largest absolute Gasteiger partial charge is 0.381 e. The first-order chi connectivity index (χ1) is 9.42. The second kappa shape index (κ2) is 6.13. The van der Waals surface area contributed by atoms with E-state index < -0.39 is 0 Å². The van der Waals surface area contributed by atoms with E-state index in [4.69, 9.17) is 4.74 Å². The fourth-order valence-electron chi connectivity index (χ4n) is 2.61. The van der Waals surface area contributed by atoms with Crippen LogP contribution in [-0.2, 0) is 11.3 Å². The smallest absolute Gasteiger partial charge is 0.0702 e. The lowest BCUT2D eigenvalue weighted by atomic mass is 10.0. The highest BCUT2D eigenvalue weighted by Crippen LogP contribution is 2.15. The lowest BCUT2D eigenvalue weighted by Crippen LogP contribution is -2.27. The van der Waals surface area contributed by atoms with Gasteiger partial charge in [0, 0.05) is 31.3 Å². The van der Waals surface area contributed by atoms with Crippen LogP contribution in [0.5, 0.6) is 0 Å². The van der Waals surface area contributed by atoms with Crippen molar-refractivity contribution in [3.05, 3.63) is 42.1 Å². The van der Waals surface area contributed by atoms with Crippen molar-refractivity contribution in [2.45, 2.75) is 19.4 Å². The van der Waals surface area contributed by atoms with Gasteiger partial charge in [-0.2, -0.15) is 0 Å². The zero-order valence-corrected chi connectivity index (χ0v) is 11.1. The number of aromatic nitrogens is 1. The van der Waals surface area contributed by atoms with Crippen molar-refractivity contribution in [2.24, 2.45) is 5.92 Å². The molecular weight excluding hydrogens is 236 g/mol. The molecule has 3 nitrogen and oxygen atoms in total. The summed E-state index contributed by atoms with van der Waals surface area (Å²) in [4.78, 5) is 4.34. The van der Waals surface area contributed by atoms with Crippen LogP contribution >= 0.6 is 0 Å². The van der Waals surface area contributed by atoms with Gasteiger partial charge in [0.25, 0.3) is 0 Å². The SMILES string of the molecule is c1cnc2ccc(CNCC3CCOCC3)cc2c1. The number of nitrogens with one attached hydrogen (secondary N) is 1. The molecule has 2 aromatic rings. The van der Waals surface area contributed by atoms with Gasteiger partial charge >= 0.3 is 0 Å². The maximum Gasteiger partial charge on any atom is 0.0702 e. The van der Waals surface area contributed by atoms with E-state index in [0.717, 1.165) is 37.7 Å². The molecule has 1 aromatic carbocycles. The van der Waals surface area contributed by atoms with E-state index in [1.165, 1.54) is 23.8 Å². The molecule has 3 heteroatoms.